The van der Waals surface area contributed by atoms with E-state index in [1.165, 1.54) is 11.1 Å². The fourth-order valence-electron chi connectivity index (χ4n) is 3.95. The highest BCUT2D eigenvalue weighted by molar-refractivity contribution is 5.65. The van der Waals surface area contributed by atoms with Gasteiger partial charge in [-0.2, -0.15) is 5.26 Å². The van der Waals surface area contributed by atoms with Crippen LogP contribution in [0, 0.1) is 18.3 Å². The minimum atomic E-state index is 0.576. The molecule has 3 aliphatic rings. The van der Waals surface area contributed by atoms with E-state index in [4.69, 9.17) is 0 Å². The summed E-state index contributed by atoms with van der Waals surface area (Å²) in [6, 6.07) is 10.8. The number of allylic oxidation sites excluding steroid dienone is 2. The molecule has 142 valence electrons. The van der Waals surface area contributed by atoms with E-state index in [1.807, 2.05) is 6.20 Å². The molecule has 5 heteroatoms. The maximum atomic E-state index is 9.85. The zero-order chi connectivity index (χ0) is 19.8. The van der Waals surface area contributed by atoms with Crippen LogP contribution in [0.4, 0.5) is 0 Å². The van der Waals surface area contributed by atoms with Crippen molar-refractivity contribution in [2.75, 3.05) is 19.8 Å². The highest BCUT2D eigenvalue weighted by Gasteiger charge is 2.37. The van der Waals surface area contributed by atoms with E-state index >= 15 is 0 Å². The fraction of sp³-hybridized carbons (Fsp3) is 0.261. The van der Waals surface area contributed by atoms with Gasteiger partial charge in [-0.25, -0.2) is 5.01 Å². The fourth-order valence-corrected chi connectivity index (χ4v) is 3.95. The van der Waals surface area contributed by atoms with Gasteiger partial charge in [0, 0.05) is 37.1 Å². The van der Waals surface area contributed by atoms with Crippen LogP contribution in [0.3, 0.4) is 0 Å². The Labute approximate surface area is 166 Å². The van der Waals surface area contributed by atoms with Crippen molar-refractivity contribution < 1.29 is 0 Å². The molecule has 1 N–H and O–H groups in total. The van der Waals surface area contributed by atoms with Crippen molar-refractivity contribution in [3.63, 3.8) is 0 Å². The molecule has 3 heterocycles. The molecule has 0 amide bonds. The van der Waals surface area contributed by atoms with Gasteiger partial charge in [0.1, 0.15) is 6.07 Å². The van der Waals surface area contributed by atoms with Crippen molar-refractivity contribution in [1.29, 1.82) is 5.26 Å². The second-order valence-corrected chi connectivity index (χ2v) is 7.44. The molecule has 0 spiro atoms. The van der Waals surface area contributed by atoms with E-state index < -0.39 is 0 Å². The number of nitrogens with one attached hydrogen (secondary N) is 1. The first-order chi connectivity index (χ1) is 13.5. The molecule has 1 aromatic rings. The molecule has 4 rings (SSSR count). The number of hydrogen-bond donors (Lipinski definition) is 1. The molecule has 0 bridgehead atoms. The summed E-state index contributed by atoms with van der Waals surface area (Å²) in [4.78, 5) is 2.10. The minimum Gasteiger partial charge on any atom is -0.381 e. The summed E-state index contributed by atoms with van der Waals surface area (Å²) in [5.74, 6) is 0. The molecule has 2 saturated heterocycles. The predicted octanol–water partition coefficient (Wildman–Crippen LogP) is 3.54. The number of nitriles is 1. The van der Waals surface area contributed by atoms with E-state index in [-0.39, 0.29) is 0 Å². The summed E-state index contributed by atoms with van der Waals surface area (Å²) in [6.07, 6.45) is 3.15. The third-order valence-corrected chi connectivity index (χ3v) is 5.53. The van der Waals surface area contributed by atoms with Gasteiger partial charge < -0.3 is 15.2 Å². The summed E-state index contributed by atoms with van der Waals surface area (Å²) in [6.45, 7) is 18.1. The number of hydrazine groups is 1. The Morgan fingerprint density at radius 2 is 1.96 bits per heavy atom. The first-order valence-electron chi connectivity index (χ1n) is 9.52. The van der Waals surface area contributed by atoms with E-state index in [2.05, 4.69) is 77.2 Å². The quantitative estimate of drug-likeness (QED) is 0.877. The van der Waals surface area contributed by atoms with Gasteiger partial charge >= 0.3 is 0 Å². The lowest BCUT2D eigenvalue weighted by Gasteiger charge is -2.45. The third kappa shape index (κ3) is 3.02. The zero-order valence-corrected chi connectivity index (χ0v) is 16.3. The van der Waals surface area contributed by atoms with Crippen molar-refractivity contribution in [1.82, 2.24) is 20.2 Å². The molecular formula is C23H25N5. The van der Waals surface area contributed by atoms with E-state index in [1.54, 1.807) is 0 Å². The summed E-state index contributed by atoms with van der Waals surface area (Å²) < 4.78 is 0. The van der Waals surface area contributed by atoms with Crippen molar-refractivity contribution in [3.8, 4) is 6.07 Å². The SMILES string of the molecule is C=C(NCc1ccc(C)cc1)C1=CN2CN3CCCN3C(=C)C2=C(C#N)C1=C. The molecule has 2 fully saturated rings. The van der Waals surface area contributed by atoms with Crippen LogP contribution in [0.5, 0.6) is 0 Å². The minimum absolute atomic E-state index is 0.576. The molecule has 1 aromatic carbocycles. The third-order valence-electron chi connectivity index (χ3n) is 5.53. The molecule has 0 atom stereocenters. The number of rotatable bonds is 4. The molecule has 3 aliphatic heterocycles. The summed E-state index contributed by atoms with van der Waals surface area (Å²) in [5.41, 5.74) is 7.07. The first kappa shape index (κ1) is 18.1. The van der Waals surface area contributed by atoms with Crippen LogP contribution < -0.4 is 5.32 Å². The van der Waals surface area contributed by atoms with Crippen LogP contribution in [0.25, 0.3) is 0 Å². The lowest BCUT2D eigenvalue weighted by Crippen LogP contribution is -2.49. The van der Waals surface area contributed by atoms with Gasteiger partial charge in [0.2, 0.25) is 0 Å². The average molecular weight is 371 g/mol. The zero-order valence-electron chi connectivity index (χ0n) is 16.3. The number of fused-ring (bicyclic) bond motifs is 2. The van der Waals surface area contributed by atoms with Crippen molar-refractivity contribution in [2.24, 2.45) is 0 Å². The van der Waals surface area contributed by atoms with Crippen LogP contribution in [0.15, 0.2) is 84.0 Å². The number of benzene rings is 1. The Hall–Kier alpha value is -3.23. The lowest BCUT2D eigenvalue weighted by atomic mass is 9.92. The van der Waals surface area contributed by atoms with Crippen LogP contribution in [0.2, 0.25) is 0 Å². The molecule has 5 nitrogen and oxygen atoms in total. The van der Waals surface area contributed by atoms with E-state index in [0.29, 0.717) is 24.4 Å². The number of hydrogen-bond acceptors (Lipinski definition) is 5. The highest BCUT2D eigenvalue weighted by Crippen LogP contribution is 2.39. The maximum Gasteiger partial charge on any atom is 0.102 e. The van der Waals surface area contributed by atoms with Crippen molar-refractivity contribution in [2.45, 2.75) is 19.9 Å². The second-order valence-electron chi connectivity index (χ2n) is 7.44. The Bertz CT molecular complexity index is 958. The van der Waals surface area contributed by atoms with Gasteiger partial charge in [0.25, 0.3) is 0 Å². The Balaban J connectivity index is 1.57. The Morgan fingerprint density at radius 3 is 2.68 bits per heavy atom. The van der Waals surface area contributed by atoms with Crippen LogP contribution >= 0.6 is 0 Å². The number of aryl methyl sites for hydroxylation is 1. The van der Waals surface area contributed by atoms with E-state index in [9.17, 15) is 5.26 Å². The Morgan fingerprint density at radius 1 is 1.21 bits per heavy atom. The van der Waals surface area contributed by atoms with Gasteiger partial charge in [-0.3, -0.25) is 0 Å². The summed E-state index contributed by atoms with van der Waals surface area (Å²) >= 11 is 0. The normalized spacial score (nSPS) is 19.2. The average Bonchev–Trinajstić information content (AvgIpc) is 3.16. The van der Waals surface area contributed by atoms with Crippen LogP contribution in [0.1, 0.15) is 17.5 Å². The summed E-state index contributed by atoms with van der Waals surface area (Å²) in [7, 11) is 0. The Kier molecular flexibility index (Phi) is 4.58. The first-order valence-corrected chi connectivity index (χ1v) is 9.52. The van der Waals surface area contributed by atoms with Gasteiger partial charge in [0.15, 0.2) is 0 Å². The van der Waals surface area contributed by atoms with Gasteiger partial charge in [-0.05, 0) is 24.5 Å². The molecule has 0 radical (unpaired) electrons. The van der Waals surface area contributed by atoms with Gasteiger partial charge in [0.05, 0.1) is 23.6 Å². The van der Waals surface area contributed by atoms with Crippen molar-refractivity contribution in [3.05, 3.63) is 95.1 Å². The summed E-state index contributed by atoms with van der Waals surface area (Å²) in [5, 5.41) is 17.7. The maximum absolute atomic E-state index is 9.85. The molecular weight excluding hydrogens is 346 g/mol. The lowest BCUT2D eigenvalue weighted by molar-refractivity contribution is 0.00182. The standard InChI is InChI=1S/C23H25N5/c1-16-6-8-20(9-7-16)13-25-18(3)22-14-26-15-27-10-5-11-28(27)19(4)23(26)21(12-24)17(22)2/h6-9,14,25H,2-5,10-11,13,15H2,1H3. The monoisotopic (exact) mass is 371 g/mol. The molecule has 28 heavy (non-hydrogen) atoms. The molecule has 0 unspecified atom stereocenters. The van der Waals surface area contributed by atoms with Gasteiger partial charge in [-0.1, -0.05) is 49.6 Å². The molecule has 0 saturated carbocycles. The van der Waals surface area contributed by atoms with Gasteiger partial charge in [-0.15, -0.1) is 0 Å². The number of nitrogens with zero attached hydrogens (tertiary/aromatic N) is 4. The van der Waals surface area contributed by atoms with Crippen molar-refractivity contribution >= 4 is 0 Å². The smallest absolute Gasteiger partial charge is 0.102 e. The molecule has 0 aromatic heterocycles. The van der Waals surface area contributed by atoms with Crippen LogP contribution in [-0.4, -0.2) is 34.7 Å². The predicted molar refractivity (Wildman–Crippen MR) is 111 cm³/mol. The molecule has 0 aliphatic carbocycles. The second kappa shape index (κ2) is 7.06. The van der Waals surface area contributed by atoms with Crippen LogP contribution in [-0.2, 0) is 6.54 Å². The highest BCUT2D eigenvalue weighted by atomic mass is 15.7. The largest absolute Gasteiger partial charge is 0.381 e. The van der Waals surface area contributed by atoms with E-state index in [0.717, 1.165) is 42.2 Å². The topological polar surface area (TPSA) is 45.5 Å².